The molecule has 1 saturated heterocycles. The zero-order valence-corrected chi connectivity index (χ0v) is 22.2. The van der Waals surface area contributed by atoms with Crippen LogP contribution in [-0.2, 0) is 0 Å². The van der Waals surface area contributed by atoms with E-state index in [1.165, 1.54) is 89.3 Å². The minimum atomic E-state index is 0.425. The third kappa shape index (κ3) is 3.67. The summed E-state index contributed by atoms with van der Waals surface area (Å²) in [5.74, 6) is 8.00. The molecule has 2 heteroatoms. The molecule has 1 N–H and O–H groups in total. The predicted molar refractivity (Wildman–Crippen MR) is 136 cm³/mol. The molecule has 1 spiro atoms. The molecule has 178 valence electrons. The molecule has 1 aliphatic heterocycles. The molecule has 2 unspecified atom stereocenters. The van der Waals surface area contributed by atoms with Crippen LogP contribution >= 0.6 is 11.8 Å². The van der Waals surface area contributed by atoms with Crippen LogP contribution in [0.5, 0.6) is 0 Å². The highest BCUT2D eigenvalue weighted by Gasteiger charge is 2.67. The van der Waals surface area contributed by atoms with Gasteiger partial charge in [-0.2, -0.15) is 0 Å². The van der Waals surface area contributed by atoms with Crippen molar-refractivity contribution < 1.29 is 0 Å². The van der Waals surface area contributed by atoms with Gasteiger partial charge in [0.25, 0.3) is 0 Å². The molecule has 1 nitrogen and oxygen atoms in total. The lowest BCUT2D eigenvalue weighted by molar-refractivity contribution is -0.135. The van der Waals surface area contributed by atoms with Gasteiger partial charge in [-0.3, -0.25) is 0 Å². The highest BCUT2D eigenvalue weighted by Crippen LogP contribution is 2.72. The van der Waals surface area contributed by atoms with E-state index in [4.69, 9.17) is 0 Å². The van der Waals surface area contributed by atoms with Crippen LogP contribution in [0.25, 0.3) is 0 Å². The van der Waals surface area contributed by atoms with Crippen LogP contribution < -0.4 is 5.32 Å². The number of thioether (sulfide) groups is 1. The van der Waals surface area contributed by atoms with Crippen LogP contribution in [-0.4, -0.2) is 17.2 Å². The summed E-state index contributed by atoms with van der Waals surface area (Å²) in [6, 6.07) is 0. The van der Waals surface area contributed by atoms with E-state index in [1.54, 1.807) is 0 Å². The van der Waals surface area contributed by atoms with E-state index in [-0.39, 0.29) is 0 Å². The van der Waals surface area contributed by atoms with Gasteiger partial charge in [-0.1, -0.05) is 66.7 Å². The quantitative estimate of drug-likeness (QED) is 0.458. The zero-order chi connectivity index (χ0) is 21.9. The van der Waals surface area contributed by atoms with Gasteiger partial charge in [-0.15, -0.1) is 11.8 Å². The van der Waals surface area contributed by atoms with Crippen molar-refractivity contribution in [2.75, 3.05) is 12.3 Å². The SMILES string of the molecule is CC(C)CCC[C@@H](C)[C@H]1CC[C@H]2[C@H]3[C@H](CC[C@]12C)[C@@]1(C)CCCCC1CC31NCCS1. The Kier molecular flexibility index (Phi) is 6.33. The van der Waals surface area contributed by atoms with Crippen molar-refractivity contribution in [3.63, 3.8) is 0 Å². The summed E-state index contributed by atoms with van der Waals surface area (Å²) in [5, 5.41) is 4.21. The molecule has 9 atom stereocenters. The summed E-state index contributed by atoms with van der Waals surface area (Å²) in [4.78, 5) is 0.425. The highest BCUT2D eigenvalue weighted by atomic mass is 32.2. The van der Waals surface area contributed by atoms with Crippen LogP contribution in [0.4, 0.5) is 0 Å². The first kappa shape index (κ1) is 23.1. The fraction of sp³-hybridized carbons (Fsp3) is 1.00. The first-order chi connectivity index (χ1) is 14.8. The fourth-order valence-corrected chi connectivity index (χ4v) is 11.8. The lowest BCUT2D eigenvalue weighted by Crippen LogP contribution is -2.64. The van der Waals surface area contributed by atoms with Crippen molar-refractivity contribution in [3.05, 3.63) is 0 Å². The first-order valence-electron chi connectivity index (χ1n) is 14.2. The molecule has 0 bridgehead atoms. The van der Waals surface area contributed by atoms with Gasteiger partial charge in [0, 0.05) is 12.3 Å². The topological polar surface area (TPSA) is 12.0 Å². The number of fused-ring (bicyclic) bond motifs is 6. The van der Waals surface area contributed by atoms with Gasteiger partial charge in [-0.25, -0.2) is 0 Å². The molecule has 0 radical (unpaired) electrons. The second-order valence-corrected chi connectivity index (χ2v) is 15.0. The molecule has 31 heavy (non-hydrogen) atoms. The van der Waals surface area contributed by atoms with Gasteiger partial charge in [0.05, 0.1) is 4.87 Å². The molecular formula is C29H51NS. The van der Waals surface area contributed by atoms with Crippen molar-refractivity contribution in [1.82, 2.24) is 5.32 Å². The van der Waals surface area contributed by atoms with E-state index in [0.29, 0.717) is 15.7 Å². The molecule has 5 fully saturated rings. The maximum absolute atomic E-state index is 4.21. The number of hydrogen-bond donors (Lipinski definition) is 1. The first-order valence-corrected chi connectivity index (χ1v) is 15.2. The minimum Gasteiger partial charge on any atom is -0.302 e. The Labute approximate surface area is 198 Å². The maximum Gasteiger partial charge on any atom is 0.0683 e. The second kappa shape index (κ2) is 8.51. The number of rotatable bonds is 5. The molecule has 4 saturated carbocycles. The van der Waals surface area contributed by atoms with Gasteiger partial charge >= 0.3 is 0 Å². The molecule has 4 aliphatic carbocycles. The van der Waals surface area contributed by atoms with E-state index >= 15 is 0 Å². The summed E-state index contributed by atoms with van der Waals surface area (Å²) in [7, 11) is 0. The Balaban J connectivity index is 1.41. The van der Waals surface area contributed by atoms with E-state index in [2.05, 4.69) is 51.7 Å². The summed E-state index contributed by atoms with van der Waals surface area (Å²) in [6.45, 7) is 14.2. The maximum atomic E-state index is 4.21. The molecule has 5 rings (SSSR count). The van der Waals surface area contributed by atoms with Crippen molar-refractivity contribution >= 4 is 11.8 Å². The molecule has 0 aromatic rings. The standard InChI is InChI=1S/C29H51NS/c1-20(2)9-8-10-21(3)23-12-13-24-26-25(14-16-28(23,24)5)27(4)15-7-6-11-22(27)19-29(26)30-17-18-31-29/h20-26,30H,6-19H2,1-5H3/t21-,22?,23-,24+,25+,26+,27+,28-,29?/m1/s1. The van der Waals surface area contributed by atoms with Crippen molar-refractivity contribution in [2.45, 2.75) is 117 Å². The smallest absolute Gasteiger partial charge is 0.0683 e. The fourth-order valence-electron chi connectivity index (χ4n) is 10.2. The number of hydrogen-bond acceptors (Lipinski definition) is 2. The van der Waals surface area contributed by atoms with Gasteiger partial charge < -0.3 is 5.32 Å². The van der Waals surface area contributed by atoms with Crippen molar-refractivity contribution in [3.8, 4) is 0 Å². The molecule has 0 aromatic heterocycles. The van der Waals surface area contributed by atoms with Gasteiger partial charge in [0.1, 0.15) is 0 Å². The highest BCUT2D eigenvalue weighted by molar-refractivity contribution is 8.00. The summed E-state index contributed by atoms with van der Waals surface area (Å²) < 4.78 is 0. The van der Waals surface area contributed by atoms with Gasteiger partial charge in [0.15, 0.2) is 0 Å². The Morgan fingerprint density at radius 3 is 2.45 bits per heavy atom. The average molecular weight is 446 g/mol. The summed E-state index contributed by atoms with van der Waals surface area (Å²) in [5.41, 5.74) is 1.25. The second-order valence-electron chi connectivity index (χ2n) is 13.6. The lowest BCUT2D eigenvalue weighted by Gasteiger charge is -2.66. The van der Waals surface area contributed by atoms with Gasteiger partial charge in [0.2, 0.25) is 0 Å². The van der Waals surface area contributed by atoms with Crippen molar-refractivity contribution in [2.24, 2.45) is 52.3 Å². The van der Waals surface area contributed by atoms with Crippen LogP contribution in [0, 0.1) is 52.3 Å². The minimum absolute atomic E-state index is 0.425. The van der Waals surface area contributed by atoms with Crippen LogP contribution in [0.1, 0.15) is 112 Å². The van der Waals surface area contributed by atoms with Crippen LogP contribution in [0.2, 0.25) is 0 Å². The average Bonchev–Trinajstić information content (AvgIpc) is 3.33. The Morgan fingerprint density at radius 2 is 1.71 bits per heavy atom. The molecular weight excluding hydrogens is 394 g/mol. The van der Waals surface area contributed by atoms with Crippen LogP contribution in [0.3, 0.4) is 0 Å². The van der Waals surface area contributed by atoms with E-state index in [0.717, 1.165) is 41.4 Å². The Hall–Kier alpha value is 0.310. The van der Waals surface area contributed by atoms with Gasteiger partial charge in [-0.05, 0) is 97.2 Å². The number of nitrogens with one attached hydrogen (secondary N) is 1. The Morgan fingerprint density at radius 1 is 0.903 bits per heavy atom. The zero-order valence-electron chi connectivity index (χ0n) is 21.3. The largest absolute Gasteiger partial charge is 0.302 e. The van der Waals surface area contributed by atoms with E-state index in [1.807, 2.05) is 0 Å². The van der Waals surface area contributed by atoms with E-state index in [9.17, 15) is 0 Å². The summed E-state index contributed by atoms with van der Waals surface area (Å²) >= 11 is 2.37. The van der Waals surface area contributed by atoms with Crippen molar-refractivity contribution in [1.29, 1.82) is 0 Å². The lowest BCUT2D eigenvalue weighted by atomic mass is 9.43. The molecule has 5 aliphatic rings. The van der Waals surface area contributed by atoms with Crippen LogP contribution in [0.15, 0.2) is 0 Å². The normalized spacial score (nSPS) is 50.3. The third-order valence-electron chi connectivity index (χ3n) is 11.7. The third-order valence-corrected chi connectivity index (χ3v) is 13.2. The molecule has 0 aromatic carbocycles. The monoisotopic (exact) mass is 445 g/mol. The van der Waals surface area contributed by atoms with E-state index < -0.39 is 0 Å². The Bertz CT molecular complexity index is 639. The molecule has 1 heterocycles. The summed E-state index contributed by atoms with van der Waals surface area (Å²) in [6.07, 6.45) is 18.0. The predicted octanol–water partition coefficient (Wildman–Crippen LogP) is 8.14. The molecule has 0 amide bonds.